The average molecular weight is 319 g/mol. The Kier molecular flexibility index (Phi) is 3.00. The number of nitrogens with zero attached hydrogens (tertiary/aromatic N) is 3. The van der Waals surface area contributed by atoms with E-state index in [1.165, 1.54) is 16.8 Å². The van der Waals surface area contributed by atoms with E-state index in [0.29, 0.717) is 6.42 Å². The van der Waals surface area contributed by atoms with Gasteiger partial charge in [-0.15, -0.1) is 0 Å². The van der Waals surface area contributed by atoms with Crippen molar-refractivity contribution in [1.29, 1.82) is 0 Å². The molecule has 9 heteroatoms. The minimum Gasteiger partial charge on any atom is -0.334 e. The van der Waals surface area contributed by atoms with E-state index in [2.05, 4.69) is 4.98 Å². The molecule has 0 spiro atoms. The standard InChI is InChI=1S/C11H17N3O4S2/c1-8(2)13-5-11(12-7-13)20(17,18)14-4-10-3-9(14)6-19(10,15)16/h5,7-10H,3-4,6H2,1-2H3/t9-,10+/m0/s1. The van der Waals surface area contributed by atoms with Gasteiger partial charge in [0.2, 0.25) is 0 Å². The van der Waals surface area contributed by atoms with Crippen LogP contribution in [0.4, 0.5) is 0 Å². The third-order valence-electron chi connectivity index (χ3n) is 4.01. The van der Waals surface area contributed by atoms with Crippen LogP contribution >= 0.6 is 0 Å². The molecule has 20 heavy (non-hydrogen) atoms. The monoisotopic (exact) mass is 319 g/mol. The predicted molar refractivity (Wildman–Crippen MR) is 72.5 cm³/mol. The molecule has 3 rings (SSSR count). The zero-order chi connectivity index (χ0) is 14.7. The minimum absolute atomic E-state index is 0.00357. The Bertz CT molecular complexity index is 735. The van der Waals surface area contributed by atoms with Crippen molar-refractivity contribution in [1.82, 2.24) is 13.9 Å². The second kappa shape index (κ2) is 4.28. The topological polar surface area (TPSA) is 89.3 Å². The molecular weight excluding hydrogens is 302 g/mol. The second-order valence-corrected chi connectivity index (χ2v) is 9.83. The molecule has 0 amide bonds. The maximum atomic E-state index is 12.5. The first-order chi connectivity index (χ1) is 9.22. The molecule has 0 aromatic carbocycles. The zero-order valence-corrected chi connectivity index (χ0v) is 12.9. The smallest absolute Gasteiger partial charge is 0.262 e. The Labute approximate surface area is 118 Å². The minimum atomic E-state index is -3.70. The summed E-state index contributed by atoms with van der Waals surface area (Å²) in [6.07, 6.45) is 3.40. The lowest BCUT2D eigenvalue weighted by Crippen LogP contribution is -2.44. The lowest BCUT2D eigenvalue weighted by Gasteiger charge is -2.24. The number of aromatic nitrogens is 2. The van der Waals surface area contributed by atoms with E-state index in [0.717, 1.165) is 0 Å². The van der Waals surface area contributed by atoms with Crippen LogP contribution in [0.5, 0.6) is 0 Å². The highest BCUT2D eigenvalue weighted by Crippen LogP contribution is 2.36. The number of sulfone groups is 1. The first-order valence-corrected chi connectivity index (χ1v) is 9.64. The van der Waals surface area contributed by atoms with E-state index in [4.69, 9.17) is 0 Å². The fourth-order valence-electron chi connectivity index (χ4n) is 2.81. The van der Waals surface area contributed by atoms with Gasteiger partial charge in [0.05, 0.1) is 17.3 Å². The van der Waals surface area contributed by atoms with Crippen molar-refractivity contribution in [3.63, 3.8) is 0 Å². The van der Waals surface area contributed by atoms with Gasteiger partial charge in [0.25, 0.3) is 10.0 Å². The first kappa shape index (κ1) is 14.0. The normalized spacial score (nSPS) is 29.4. The third-order valence-corrected chi connectivity index (χ3v) is 8.02. The molecule has 0 saturated carbocycles. The molecule has 2 fully saturated rings. The van der Waals surface area contributed by atoms with Gasteiger partial charge in [0.15, 0.2) is 14.9 Å². The van der Waals surface area contributed by atoms with Gasteiger partial charge >= 0.3 is 0 Å². The fourth-order valence-corrected chi connectivity index (χ4v) is 6.63. The summed E-state index contributed by atoms with van der Waals surface area (Å²) in [6, 6.07) is -0.305. The molecule has 2 atom stereocenters. The van der Waals surface area contributed by atoms with Crippen LogP contribution in [0.25, 0.3) is 0 Å². The molecule has 2 bridgehead atoms. The highest BCUT2D eigenvalue weighted by Gasteiger charge is 2.53. The van der Waals surface area contributed by atoms with E-state index < -0.39 is 31.2 Å². The van der Waals surface area contributed by atoms with Crippen LogP contribution in [0, 0.1) is 0 Å². The van der Waals surface area contributed by atoms with E-state index in [1.54, 1.807) is 4.57 Å². The maximum absolute atomic E-state index is 12.5. The molecule has 3 heterocycles. The van der Waals surface area contributed by atoms with Crippen molar-refractivity contribution < 1.29 is 16.8 Å². The number of fused-ring (bicyclic) bond motifs is 2. The Morgan fingerprint density at radius 3 is 2.55 bits per heavy atom. The molecule has 0 aliphatic carbocycles. The van der Waals surface area contributed by atoms with Gasteiger partial charge < -0.3 is 4.57 Å². The Morgan fingerprint density at radius 2 is 2.10 bits per heavy atom. The van der Waals surface area contributed by atoms with Crippen molar-refractivity contribution in [2.45, 2.75) is 42.6 Å². The van der Waals surface area contributed by atoms with Crippen molar-refractivity contribution in [3.05, 3.63) is 12.5 Å². The van der Waals surface area contributed by atoms with Crippen LogP contribution in [0.15, 0.2) is 17.6 Å². The van der Waals surface area contributed by atoms with Gasteiger partial charge in [-0.05, 0) is 20.3 Å². The van der Waals surface area contributed by atoms with Crippen molar-refractivity contribution in [2.24, 2.45) is 0 Å². The quantitative estimate of drug-likeness (QED) is 0.784. The third kappa shape index (κ3) is 1.99. The van der Waals surface area contributed by atoms with Crippen molar-refractivity contribution in [3.8, 4) is 0 Å². The number of hydrogen-bond donors (Lipinski definition) is 0. The molecule has 7 nitrogen and oxygen atoms in total. The summed E-state index contributed by atoms with van der Waals surface area (Å²) in [5.41, 5.74) is 0. The van der Waals surface area contributed by atoms with Gasteiger partial charge in [-0.3, -0.25) is 0 Å². The molecule has 0 N–H and O–H groups in total. The fraction of sp³-hybridized carbons (Fsp3) is 0.727. The number of hydrogen-bond acceptors (Lipinski definition) is 5. The predicted octanol–water partition coefficient (Wildman–Crippen LogP) is 0.0240. The summed E-state index contributed by atoms with van der Waals surface area (Å²) < 4.78 is 51.4. The van der Waals surface area contributed by atoms with Gasteiger partial charge in [-0.2, -0.15) is 4.31 Å². The van der Waals surface area contributed by atoms with E-state index in [-0.39, 0.29) is 23.4 Å². The van der Waals surface area contributed by atoms with Gasteiger partial charge in [-0.25, -0.2) is 21.8 Å². The molecule has 2 aliphatic rings. The van der Waals surface area contributed by atoms with E-state index >= 15 is 0 Å². The molecule has 2 saturated heterocycles. The van der Waals surface area contributed by atoms with E-state index in [9.17, 15) is 16.8 Å². The summed E-state index contributed by atoms with van der Waals surface area (Å²) in [5, 5.41) is -0.550. The van der Waals surface area contributed by atoms with Crippen LogP contribution < -0.4 is 0 Å². The number of imidazole rings is 1. The molecular formula is C11H17N3O4S2. The SMILES string of the molecule is CC(C)n1cnc(S(=O)(=O)N2C[C@H]3C[C@H]2CS3(=O)=O)c1. The molecule has 2 aliphatic heterocycles. The Hall–Kier alpha value is -0.930. The van der Waals surface area contributed by atoms with Crippen LogP contribution in [0.3, 0.4) is 0 Å². The van der Waals surface area contributed by atoms with Gasteiger partial charge in [0, 0.05) is 24.8 Å². The van der Waals surface area contributed by atoms with Crippen molar-refractivity contribution in [2.75, 3.05) is 12.3 Å². The van der Waals surface area contributed by atoms with Gasteiger partial charge in [0.1, 0.15) is 0 Å². The lowest BCUT2D eigenvalue weighted by molar-refractivity contribution is 0.401. The number of sulfonamides is 1. The molecule has 1 aromatic heterocycles. The molecule has 1 aromatic rings. The number of rotatable bonds is 3. The zero-order valence-electron chi connectivity index (χ0n) is 11.3. The molecule has 112 valence electrons. The van der Waals surface area contributed by atoms with Gasteiger partial charge in [-0.1, -0.05) is 0 Å². The summed E-state index contributed by atoms with van der Waals surface area (Å²) in [4.78, 5) is 3.96. The highest BCUT2D eigenvalue weighted by atomic mass is 32.2. The van der Waals surface area contributed by atoms with Crippen LogP contribution in [-0.2, 0) is 19.9 Å². The maximum Gasteiger partial charge on any atom is 0.262 e. The van der Waals surface area contributed by atoms with Crippen LogP contribution in [0.2, 0.25) is 0 Å². The average Bonchev–Trinajstić information content (AvgIpc) is 2.99. The lowest BCUT2D eigenvalue weighted by atomic mass is 10.3. The summed E-state index contributed by atoms with van der Waals surface area (Å²) in [5.74, 6) is -0.0677. The Balaban J connectivity index is 1.91. The first-order valence-electron chi connectivity index (χ1n) is 6.48. The van der Waals surface area contributed by atoms with Crippen LogP contribution in [-0.4, -0.2) is 54.3 Å². The molecule has 0 radical (unpaired) electrons. The second-order valence-electron chi connectivity index (χ2n) is 5.67. The summed E-state index contributed by atoms with van der Waals surface area (Å²) >= 11 is 0. The summed E-state index contributed by atoms with van der Waals surface area (Å²) in [7, 11) is -6.80. The Morgan fingerprint density at radius 1 is 1.40 bits per heavy atom. The van der Waals surface area contributed by atoms with E-state index in [1.807, 2.05) is 13.8 Å². The van der Waals surface area contributed by atoms with Crippen molar-refractivity contribution >= 4 is 19.9 Å². The highest BCUT2D eigenvalue weighted by molar-refractivity contribution is 7.93. The largest absolute Gasteiger partial charge is 0.334 e. The van der Waals surface area contributed by atoms with Crippen LogP contribution in [0.1, 0.15) is 26.3 Å². The molecule has 0 unspecified atom stereocenters. The summed E-state index contributed by atoms with van der Waals surface area (Å²) in [6.45, 7) is 3.93.